The molecule has 4 heteroatoms. The Kier molecular flexibility index (Phi) is 3.01. The Morgan fingerprint density at radius 3 is 2.65 bits per heavy atom. The van der Waals surface area contributed by atoms with Gasteiger partial charge in [0, 0.05) is 7.05 Å². The van der Waals surface area contributed by atoms with E-state index in [0.29, 0.717) is 0 Å². The summed E-state index contributed by atoms with van der Waals surface area (Å²) in [7, 11) is 1.61. The minimum Gasteiger partial charge on any atom is -0.445 e. The van der Waals surface area contributed by atoms with E-state index in [2.05, 4.69) is 6.07 Å². The van der Waals surface area contributed by atoms with Crippen molar-refractivity contribution in [2.24, 2.45) is 0 Å². The Bertz CT molecular complexity index is 446. The molecule has 0 atom stereocenters. The average Bonchev–Trinajstić information content (AvgIpc) is 3.17. The molecule has 0 heterocycles. The highest BCUT2D eigenvalue weighted by Crippen LogP contribution is 2.40. The highest BCUT2D eigenvalue weighted by molar-refractivity contribution is 5.70. The molecule has 1 aliphatic rings. The van der Waals surface area contributed by atoms with Gasteiger partial charge in [-0.25, -0.2) is 4.79 Å². The molecular weight excluding hydrogens is 216 g/mol. The number of carbonyl (C=O) groups excluding carboxylic acids is 1. The zero-order chi connectivity index (χ0) is 12.3. The summed E-state index contributed by atoms with van der Waals surface area (Å²) in [6, 6.07) is 11.6. The van der Waals surface area contributed by atoms with Gasteiger partial charge in [0.05, 0.1) is 6.07 Å². The molecule has 0 spiro atoms. The van der Waals surface area contributed by atoms with Gasteiger partial charge in [-0.3, -0.25) is 4.90 Å². The van der Waals surface area contributed by atoms with Crippen molar-refractivity contribution in [1.82, 2.24) is 4.90 Å². The topological polar surface area (TPSA) is 53.3 Å². The van der Waals surface area contributed by atoms with Crippen molar-refractivity contribution >= 4 is 6.09 Å². The second kappa shape index (κ2) is 4.46. The minimum atomic E-state index is -0.617. The molecular formula is C13H14N2O2. The first-order valence-corrected chi connectivity index (χ1v) is 5.54. The van der Waals surface area contributed by atoms with Crippen molar-refractivity contribution in [3.05, 3.63) is 35.9 Å². The van der Waals surface area contributed by atoms with Gasteiger partial charge in [-0.05, 0) is 18.4 Å². The molecule has 0 bridgehead atoms. The van der Waals surface area contributed by atoms with Crippen LogP contribution in [-0.4, -0.2) is 23.6 Å². The van der Waals surface area contributed by atoms with Crippen LogP contribution >= 0.6 is 0 Å². The number of hydrogen-bond donors (Lipinski definition) is 0. The monoisotopic (exact) mass is 230 g/mol. The van der Waals surface area contributed by atoms with Crippen molar-refractivity contribution in [2.75, 3.05) is 7.05 Å². The van der Waals surface area contributed by atoms with Gasteiger partial charge in [-0.2, -0.15) is 5.26 Å². The number of ether oxygens (including phenoxy) is 1. The fraction of sp³-hybridized carbons (Fsp3) is 0.385. The molecule has 0 aliphatic heterocycles. The molecule has 17 heavy (non-hydrogen) atoms. The minimum absolute atomic E-state index is 0.242. The summed E-state index contributed by atoms with van der Waals surface area (Å²) in [5.41, 5.74) is 0.324. The van der Waals surface area contributed by atoms with Crippen LogP contribution < -0.4 is 0 Å². The molecule has 4 nitrogen and oxygen atoms in total. The molecule has 2 rings (SSSR count). The highest BCUT2D eigenvalue weighted by atomic mass is 16.6. The maximum Gasteiger partial charge on any atom is 0.411 e. The molecule has 1 aromatic carbocycles. The molecule has 0 aromatic heterocycles. The third-order valence-electron chi connectivity index (χ3n) is 3.05. The third-order valence-corrected chi connectivity index (χ3v) is 3.05. The Morgan fingerprint density at radius 2 is 2.12 bits per heavy atom. The van der Waals surface area contributed by atoms with Gasteiger partial charge in [0.25, 0.3) is 0 Å². The summed E-state index contributed by atoms with van der Waals surface area (Å²) >= 11 is 0. The van der Waals surface area contributed by atoms with Crippen molar-refractivity contribution in [2.45, 2.75) is 25.0 Å². The van der Waals surface area contributed by atoms with Gasteiger partial charge >= 0.3 is 6.09 Å². The predicted molar refractivity (Wildman–Crippen MR) is 62.0 cm³/mol. The summed E-state index contributed by atoms with van der Waals surface area (Å²) in [5.74, 6) is 0. The van der Waals surface area contributed by atoms with Gasteiger partial charge in [0.15, 0.2) is 0 Å². The van der Waals surface area contributed by atoms with Gasteiger partial charge < -0.3 is 4.74 Å². The normalized spacial score (nSPS) is 15.8. The van der Waals surface area contributed by atoms with Gasteiger partial charge in [0.2, 0.25) is 0 Å². The van der Waals surface area contributed by atoms with E-state index >= 15 is 0 Å². The Morgan fingerprint density at radius 1 is 1.47 bits per heavy atom. The van der Waals surface area contributed by atoms with E-state index in [4.69, 9.17) is 10.00 Å². The van der Waals surface area contributed by atoms with Crippen LogP contribution in [0.25, 0.3) is 0 Å². The highest BCUT2D eigenvalue weighted by Gasteiger charge is 2.49. The SMILES string of the molecule is CN(C(=O)OCc1ccccc1)C1(C#N)CC1. The van der Waals surface area contributed by atoms with Crippen LogP contribution in [0.1, 0.15) is 18.4 Å². The number of carbonyl (C=O) groups is 1. The Labute approximate surface area is 100 Å². The van der Waals surface area contributed by atoms with Crippen molar-refractivity contribution in [1.29, 1.82) is 5.26 Å². The molecule has 1 saturated carbocycles. The van der Waals surface area contributed by atoms with Gasteiger partial charge in [-0.15, -0.1) is 0 Å². The van der Waals surface area contributed by atoms with Gasteiger partial charge in [0.1, 0.15) is 12.1 Å². The summed E-state index contributed by atoms with van der Waals surface area (Å²) in [5, 5.41) is 8.96. The summed E-state index contributed by atoms with van der Waals surface area (Å²) in [6.45, 7) is 0.242. The number of benzene rings is 1. The zero-order valence-electron chi connectivity index (χ0n) is 9.72. The molecule has 1 aromatic rings. The second-order valence-corrected chi connectivity index (χ2v) is 4.24. The first-order chi connectivity index (χ1) is 8.18. The lowest BCUT2D eigenvalue weighted by molar-refractivity contribution is 0.0948. The van der Waals surface area contributed by atoms with Crippen LogP contribution in [-0.2, 0) is 11.3 Å². The molecule has 0 N–H and O–H groups in total. The molecule has 0 unspecified atom stereocenters. The average molecular weight is 230 g/mol. The molecule has 0 radical (unpaired) electrons. The van der Waals surface area contributed by atoms with Crippen LogP contribution in [0.3, 0.4) is 0 Å². The van der Waals surface area contributed by atoms with Crippen LogP contribution in [0.2, 0.25) is 0 Å². The van der Waals surface area contributed by atoms with Crippen molar-refractivity contribution in [3.63, 3.8) is 0 Å². The number of hydrogen-bond acceptors (Lipinski definition) is 3. The van der Waals surface area contributed by atoms with E-state index in [9.17, 15) is 4.79 Å². The lowest BCUT2D eigenvalue weighted by atomic mass is 10.2. The molecule has 88 valence electrons. The van der Waals surface area contributed by atoms with Crippen molar-refractivity contribution in [3.8, 4) is 6.07 Å². The van der Waals surface area contributed by atoms with Crippen LogP contribution in [0.5, 0.6) is 0 Å². The third kappa shape index (κ3) is 2.39. The number of nitriles is 1. The van der Waals surface area contributed by atoms with E-state index < -0.39 is 11.6 Å². The molecule has 1 amide bonds. The Balaban J connectivity index is 1.88. The standard InChI is InChI=1S/C13H14N2O2/c1-15(13(10-14)7-8-13)12(16)17-9-11-5-3-2-4-6-11/h2-6H,7-9H2,1H3. The fourth-order valence-electron chi connectivity index (χ4n) is 1.63. The zero-order valence-corrected chi connectivity index (χ0v) is 9.72. The second-order valence-electron chi connectivity index (χ2n) is 4.24. The lowest BCUT2D eigenvalue weighted by Crippen LogP contribution is -2.38. The number of rotatable bonds is 3. The largest absolute Gasteiger partial charge is 0.445 e. The van der Waals surface area contributed by atoms with Crippen LogP contribution in [0, 0.1) is 11.3 Å². The first kappa shape index (κ1) is 11.5. The summed E-state index contributed by atoms with van der Waals surface area (Å²) in [4.78, 5) is 13.1. The van der Waals surface area contributed by atoms with E-state index in [0.717, 1.165) is 18.4 Å². The van der Waals surface area contributed by atoms with E-state index in [1.54, 1.807) is 7.05 Å². The quantitative estimate of drug-likeness (QED) is 0.800. The van der Waals surface area contributed by atoms with E-state index in [1.807, 2.05) is 30.3 Å². The van der Waals surface area contributed by atoms with Gasteiger partial charge in [-0.1, -0.05) is 30.3 Å². The molecule has 1 aliphatic carbocycles. The summed E-state index contributed by atoms with van der Waals surface area (Å²) < 4.78 is 5.15. The smallest absolute Gasteiger partial charge is 0.411 e. The van der Waals surface area contributed by atoms with Crippen LogP contribution in [0.15, 0.2) is 30.3 Å². The maximum atomic E-state index is 11.7. The van der Waals surface area contributed by atoms with E-state index in [-0.39, 0.29) is 6.61 Å². The predicted octanol–water partition coefficient (Wildman–Crippen LogP) is 2.31. The summed E-state index contributed by atoms with van der Waals surface area (Å²) in [6.07, 6.45) is 1.04. The fourth-order valence-corrected chi connectivity index (χ4v) is 1.63. The number of nitrogens with zero attached hydrogens (tertiary/aromatic N) is 2. The lowest BCUT2D eigenvalue weighted by Gasteiger charge is -2.21. The van der Waals surface area contributed by atoms with E-state index in [1.165, 1.54) is 4.90 Å². The molecule has 1 fully saturated rings. The maximum absolute atomic E-state index is 11.7. The first-order valence-electron chi connectivity index (χ1n) is 5.54. The van der Waals surface area contributed by atoms with Crippen LogP contribution in [0.4, 0.5) is 4.79 Å². The molecule has 0 saturated heterocycles. The van der Waals surface area contributed by atoms with Crippen molar-refractivity contribution < 1.29 is 9.53 Å². The Hall–Kier alpha value is -2.02. The number of amides is 1.